The second kappa shape index (κ2) is 11.1. The highest BCUT2D eigenvalue weighted by Gasteiger charge is 2.19. The third-order valence-electron chi connectivity index (χ3n) is 3.80. The van der Waals surface area contributed by atoms with Gasteiger partial charge in [0.1, 0.15) is 0 Å². The third-order valence-corrected chi connectivity index (χ3v) is 3.80. The molecule has 0 aromatic heterocycles. The summed E-state index contributed by atoms with van der Waals surface area (Å²) in [6.45, 7) is 2.47. The van der Waals surface area contributed by atoms with Gasteiger partial charge in [0.05, 0.1) is 25.7 Å². The number of nitrogens with zero attached hydrogens (tertiary/aromatic N) is 2. The van der Waals surface area contributed by atoms with E-state index in [2.05, 4.69) is 6.58 Å². The van der Waals surface area contributed by atoms with Gasteiger partial charge in [0, 0.05) is 19.6 Å². The summed E-state index contributed by atoms with van der Waals surface area (Å²) in [7, 11) is 0. The standard InChI is InChI=1S/C18H24N2O7/c1-2-13-3-5-14(6-4-13)15(21)9-19(10-16(22)23)7-8-20(11-17(24)25)12-18(26)27/h2-6,15,21H,1,7-12H2,(H,22,23)(H,24,25)(H,26,27). The van der Waals surface area contributed by atoms with Gasteiger partial charge in [0.25, 0.3) is 0 Å². The SMILES string of the molecule is C=Cc1ccc(C(O)CN(CCN(CC(=O)O)CC(=O)O)CC(=O)O)cc1. The van der Waals surface area contributed by atoms with E-state index in [1.807, 2.05) is 0 Å². The number of hydrogen-bond acceptors (Lipinski definition) is 6. The van der Waals surface area contributed by atoms with Crippen molar-refractivity contribution < 1.29 is 34.8 Å². The minimum Gasteiger partial charge on any atom is -0.480 e. The second-order valence-corrected chi connectivity index (χ2v) is 6.01. The van der Waals surface area contributed by atoms with Gasteiger partial charge < -0.3 is 20.4 Å². The molecule has 1 rings (SSSR count). The largest absolute Gasteiger partial charge is 0.480 e. The Bertz CT molecular complexity index is 644. The van der Waals surface area contributed by atoms with Crippen LogP contribution < -0.4 is 0 Å². The van der Waals surface area contributed by atoms with Gasteiger partial charge in [0.2, 0.25) is 0 Å². The van der Waals surface area contributed by atoms with Crippen LogP contribution in [0.2, 0.25) is 0 Å². The minimum atomic E-state index is -1.18. The zero-order chi connectivity index (χ0) is 20.4. The Labute approximate surface area is 156 Å². The number of hydrogen-bond donors (Lipinski definition) is 4. The van der Waals surface area contributed by atoms with E-state index in [1.165, 1.54) is 9.80 Å². The highest BCUT2D eigenvalue weighted by Crippen LogP contribution is 2.16. The number of carboxylic acids is 3. The van der Waals surface area contributed by atoms with Crippen LogP contribution in [0.5, 0.6) is 0 Å². The van der Waals surface area contributed by atoms with Crippen molar-refractivity contribution >= 4 is 24.0 Å². The lowest BCUT2D eigenvalue weighted by atomic mass is 10.1. The van der Waals surface area contributed by atoms with Gasteiger partial charge in [-0.2, -0.15) is 0 Å². The molecule has 4 N–H and O–H groups in total. The molecule has 0 bridgehead atoms. The predicted octanol–water partition coefficient (Wildman–Crippen LogP) is 0.221. The van der Waals surface area contributed by atoms with E-state index in [4.69, 9.17) is 15.3 Å². The van der Waals surface area contributed by atoms with Crippen molar-refractivity contribution in [3.05, 3.63) is 42.0 Å². The highest BCUT2D eigenvalue weighted by molar-refractivity contribution is 5.72. The minimum absolute atomic E-state index is 0.00766. The molecular weight excluding hydrogens is 356 g/mol. The number of rotatable bonds is 13. The molecule has 0 heterocycles. The average molecular weight is 380 g/mol. The van der Waals surface area contributed by atoms with Crippen molar-refractivity contribution in [2.45, 2.75) is 6.10 Å². The lowest BCUT2D eigenvalue weighted by molar-refractivity contribution is -0.143. The van der Waals surface area contributed by atoms with Crippen LogP contribution in [0.1, 0.15) is 17.2 Å². The van der Waals surface area contributed by atoms with E-state index in [0.29, 0.717) is 5.56 Å². The first-order valence-electron chi connectivity index (χ1n) is 8.21. The fraction of sp³-hybridized carbons (Fsp3) is 0.389. The molecular formula is C18H24N2O7. The molecule has 1 aromatic rings. The number of aliphatic carboxylic acids is 3. The lowest BCUT2D eigenvalue weighted by Gasteiger charge is -2.26. The Morgan fingerprint density at radius 2 is 1.33 bits per heavy atom. The van der Waals surface area contributed by atoms with Crippen molar-refractivity contribution in [1.82, 2.24) is 9.80 Å². The lowest BCUT2D eigenvalue weighted by Crippen LogP contribution is -2.43. The number of aliphatic hydroxyl groups is 1. The van der Waals surface area contributed by atoms with E-state index in [0.717, 1.165) is 5.56 Å². The molecule has 1 unspecified atom stereocenters. The summed E-state index contributed by atoms with van der Waals surface area (Å²) in [6.07, 6.45) is 0.711. The normalized spacial score (nSPS) is 12.1. The fourth-order valence-electron chi connectivity index (χ4n) is 2.51. The smallest absolute Gasteiger partial charge is 0.317 e. The van der Waals surface area contributed by atoms with Crippen LogP contribution >= 0.6 is 0 Å². The molecule has 9 heteroatoms. The van der Waals surface area contributed by atoms with Crippen LogP contribution in [-0.2, 0) is 14.4 Å². The van der Waals surface area contributed by atoms with E-state index in [1.54, 1.807) is 30.3 Å². The van der Waals surface area contributed by atoms with Gasteiger partial charge in [-0.05, 0) is 11.1 Å². The molecule has 0 radical (unpaired) electrons. The van der Waals surface area contributed by atoms with Gasteiger partial charge >= 0.3 is 17.9 Å². The maximum absolute atomic E-state index is 11.1. The Hall–Kier alpha value is -2.75. The van der Waals surface area contributed by atoms with Gasteiger partial charge in [-0.3, -0.25) is 24.2 Å². The van der Waals surface area contributed by atoms with Crippen molar-refractivity contribution in [2.24, 2.45) is 0 Å². The molecule has 0 saturated heterocycles. The maximum Gasteiger partial charge on any atom is 0.317 e. The molecule has 0 spiro atoms. The Kier molecular flexibility index (Phi) is 9.14. The number of carboxylic acid groups (broad SMARTS) is 3. The Balaban J connectivity index is 2.74. The van der Waals surface area contributed by atoms with Gasteiger partial charge in [0.15, 0.2) is 0 Å². The van der Waals surface area contributed by atoms with E-state index in [9.17, 15) is 19.5 Å². The van der Waals surface area contributed by atoms with Crippen LogP contribution in [0.15, 0.2) is 30.8 Å². The molecule has 1 atom stereocenters. The van der Waals surface area contributed by atoms with E-state index in [-0.39, 0.29) is 26.2 Å². The van der Waals surface area contributed by atoms with Crippen molar-refractivity contribution in [3.63, 3.8) is 0 Å². The molecule has 0 aliphatic carbocycles. The molecule has 9 nitrogen and oxygen atoms in total. The predicted molar refractivity (Wildman–Crippen MR) is 97.3 cm³/mol. The zero-order valence-electron chi connectivity index (χ0n) is 14.8. The van der Waals surface area contributed by atoms with Gasteiger partial charge in [-0.15, -0.1) is 0 Å². The second-order valence-electron chi connectivity index (χ2n) is 6.01. The molecule has 148 valence electrons. The Morgan fingerprint density at radius 3 is 1.78 bits per heavy atom. The molecule has 0 aliphatic rings. The number of carbonyl (C=O) groups is 3. The van der Waals surface area contributed by atoms with Crippen LogP contribution in [0.3, 0.4) is 0 Å². The first-order valence-corrected chi connectivity index (χ1v) is 8.21. The maximum atomic E-state index is 11.1. The van der Waals surface area contributed by atoms with Crippen LogP contribution in [0, 0.1) is 0 Å². The van der Waals surface area contributed by atoms with Crippen LogP contribution in [0.25, 0.3) is 6.08 Å². The van der Waals surface area contributed by atoms with E-state index < -0.39 is 37.1 Å². The van der Waals surface area contributed by atoms with Gasteiger partial charge in [-0.25, -0.2) is 0 Å². The van der Waals surface area contributed by atoms with Crippen LogP contribution in [-0.4, -0.2) is 87.4 Å². The van der Waals surface area contributed by atoms with Crippen LogP contribution in [0.4, 0.5) is 0 Å². The molecule has 0 aliphatic heterocycles. The summed E-state index contributed by atoms with van der Waals surface area (Å²) in [5, 5.41) is 37.1. The molecule has 0 saturated carbocycles. The van der Waals surface area contributed by atoms with E-state index >= 15 is 0 Å². The topological polar surface area (TPSA) is 139 Å². The average Bonchev–Trinajstić information content (AvgIpc) is 2.58. The first-order chi connectivity index (χ1) is 12.7. The summed E-state index contributed by atoms with van der Waals surface area (Å²) in [5.41, 5.74) is 1.48. The molecule has 0 amide bonds. The Morgan fingerprint density at radius 1 is 0.889 bits per heavy atom. The number of aliphatic hydroxyl groups excluding tert-OH is 1. The molecule has 27 heavy (non-hydrogen) atoms. The summed E-state index contributed by atoms with van der Waals surface area (Å²) >= 11 is 0. The van der Waals surface area contributed by atoms with Crippen molar-refractivity contribution in [3.8, 4) is 0 Å². The van der Waals surface area contributed by atoms with Gasteiger partial charge in [-0.1, -0.05) is 36.9 Å². The summed E-state index contributed by atoms with van der Waals surface area (Å²) in [6, 6.07) is 6.96. The monoisotopic (exact) mass is 380 g/mol. The highest BCUT2D eigenvalue weighted by atomic mass is 16.4. The number of benzene rings is 1. The zero-order valence-corrected chi connectivity index (χ0v) is 14.8. The molecule has 1 aromatic carbocycles. The first kappa shape index (κ1) is 22.3. The summed E-state index contributed by atoms with van der Waals surface area (Å²) in [5.74, 6) is -3.46. The summed E-state index contributed by atoms with van der Waals surface area (Å²) in [4.78, 5) is 35.4. The van der Waals surface area contributed by atoms with Crippen molar-refractivity contribution in [1.29, 1.82) is 0 Å². The summed E-state index contributed by atoms with van der Waals surface area (Å²) < 4.78 is 0. The van der Waals surface area contributed by atoms with Crippen molar-refractivity contribution in [2.75, 3.05) is 39.3 Å². The molecule has 0 fully saturated rings. The quantitative estimate of drug-likeness (QED) is 0.378. The fourth-order valence-corrected chi connectivity index (χ4v) is 2.51. The third kappa shape index (κ3) is 8.95.